The normalized spacial score (nSPS) is 18.7. The molecule has 0 amide bonds. The van der Waals surface area contributed by atoms with Gasteiger partial charge >= 0.3 is 5.97 Å². The fourth-order valence-electron chi connectivity index (χ4n) is 3.75. The highest BCUT2D eigenvalue weighted by atomic mass is 28.3. The maximum Gasteiger partial charge on any atom is 0.337 e. The summed E-state index contributed by atoms with van der Waals surface area (Å²) in [5, 5.41) is 10.3. The van der Waals surface area contributed by atoms with Crippen LogP contribution in [0.5, 0.6) is 0 Å². The molecule has 0 saturated heterocycles. The quantitative estimate of drug-likeness (QED) is 0.459. The molecule has 24 heavy (non-hydrogen) atoms. The molecular formula is C19H32O4Si. The molecule has 4 nitrogen and oxygen atoms in total. The van der Waals surface area contributed by atoms with Crippen LogP contribution in [0.2, 0.25) is 16.6 Å². The standard InChI is InChI=1S/C19H32O4Si/c1-13(2)24(14(3)4,15(5)6)10-9-16(20)11-17-12-18(21)23-19(7,8)22-17/h12-16,20H,11H2,1-8H3/t16-/m0/s1. The van der Waals surface area contributed by atoms with E-state index in [4.69, 9.17) is 9.47 Å². The van der Waals surface area contributed by atoms with Crippen LogP contribution in [-0.4, -0.2) is 31.0 Å². The lowest BCUT2D eigenvalue weighted by Gasteiger charge is -2.38. The second-order valence-electron chi connectivity index (χ2n) is 7.92. The van der Waals surface area contributed by atoms with Crippen molar-refractivity contribution in [1.29, 1.82) is 0 Å². The number of aliphatic hydroxyl groups excluding tert-OH is 1. The largest absolute Gasteiger partial charge is 0.457 e. The molecule has 0 aromatic carbocycles. The molecule has 0 unspecified atom stereocenters. The number of hydrogen-bond donors (Lipinski definition) is 1. The molecule has 1 N–H and O–H groups in total. The first-order valence-corrected chi connectivity index (χ1v) is 11.0. The molecule has 1 atom stereocenters. The van der Waals surface area contributed by atoms with Gasteiger partial charge in [0.2, 0.25) is 5.79 Å². The van der Waals surface area contributed by atoms with E-state index in [9.17, 15) is 9.90 Å². The van der Waals surface area contributed by atoms with Crippen LogP contribution in [0.4, 0.5) is 0 Å². The molecule has 0 spiro atoms. The Labute approximate surface area is 147 Å². The first-order chi connectivity index (χ1) is 10.9. The Morgan fingerprint density at radius 1 is 1.08 bits per heavy atom. The lowest BCUT2D eigenvalue weighted by molar-refractivity contribution is -0.206. The van der Waals surface area contributed by atoms with Gasteiger partial charge < -0.3 is 14.6 Å². The molecule has 1 heterocycles. The lowest BCUT2D eigenvalue weighted by atomic mass is 10.2. The zero-order chi connectivity index (χ0) is 18.7. The van der Waals surface area contributed by atoms with Crippen molar-refractivity contribution in [3.05, 3.63) is 11.8 Å². The fraction of sp³-hybridized carbons (Fsp3) is 0.737. The van der Waals surface area contributed by atoms with Gasteiger partial charge in [0.1, 0.15) is 19.9 Å². The Kier molecular flexibility index (Phi) is 6.72. The van der Waals surface area contributed by atoms with Crippen molar-refractivity contribution in [2.24, 2.45) is 0 Å². The molecule has 0 saturated carbocycles. The van der Waals surface area contributed by atoms with Gasteiger partial charge in [0.05, 0.1) is 6.08 Å². The number of esters is 1. The van der Waals surface area contributed by atoms with Crippen molar-refractivity contribution < 1.29 is 19.4 Å². The predicted octanol–water partition coefficient (Wildman–Crippen LogP) is 4.15. The maximum absolute atomic E-state index is 11.6. The summed E-state index contributed by atoms with van der Waals surface area (Å²) in [6.45, 7) is 16.7. The minimum absolute atomic E-state index is 0.199. The van der Waals surface area contributed by atoms with Crippen molar-refractivity contribution >= 4 is 14.0 Å². The van der Waals surface area contributed by atoms with Crippen molar-refractivity contribution in [2.45, 2.75) is 90.3 Å². The second kappa shape index (κ2) is 7.75. The van der Waals surface area contributed by atoms with Crippen molar-refractivity contribution in [3.8, 4) is 11.5 Å². The highest BCUT2D eigenvalue weighted by molar-refractivity contribution is 6.90. The summed E-state index contributed by atoms with van der Waals surface area (Å²) in [6.07, 6.45) is 0.638. The van der Waals surface area contributed by atoms with E-state index in [0.717, 1.165) is 0 Å². The van der Waals surface area contributed by atoms with Crippen LogP contribution in [0, 0.1) is 11.5 Å². The SMILES string of the molecule is CC(C)[Si](C#C[C@H](O)CC1=CC(=O)OC(C)(C)O1)(C(C)C)C(C)C. The lowest BCUT2D eigenvalue weighted by Crippen LogP contribution is -2.43. The summed E-state index contributed by atoms with van der Waals surface area (Å²) in [7, 11) is -1.87. The zero-order valence-corrected chi connectivity index (χ0v) is 17.3. The third-order valence-corrected chi connectivity index (χ3v) is 11.0. The second-order valence-corrected chi connectivity index (χ2v) is 13.5. The van der Waals surface area contributed by atoms with Gasteiger partial charge in [-0.1, -0.05) is 47.5 Å². The average Bonchev–Trinajstić information content (AvgIpc) is 2.34. The molecule has 5 heteroatoms. The van der Waals surface area contributed by atoms with Crippen LogP contribution in [0.15, 0.2) is 11.8 Å². The van der Waals surface area contributed by atoms with Gasteiger partial charge in [0.15, 0.2) is 0 Å². The summed E-state index contributed by atoms with van der Waals surface area (Å²) in [6, 6.07) is 0. The number of aliphatic hydroxyl groups is 1. The average molecular weight is 353 g/mol. The number of ether oxygens (including phenoxy) is 2. The van der Waals surface area contributed by atoms with Gasteiger partial charge in [-0.25, -0.2) is 4.79 Å². The van der Waals surface area contributed by atoms with Crippen LogP contribution in [0.1, 0.15) is 61.8 Å². The van der Waals surface area contributed by atoms with Crippen LogP contribution in [0.25, 0.3) is 0 Å². The highest BCUT2D eigenvalue weighted by Crippen LogP contribution is 2.40. The molecule has 1 aliphatic heterocycles. The van der Waals surface area contributed by atoms with E-state index in [0.29, 0.717) is 22.4 Å². The summed E-state index contributed by atoms with van der Waals surface area (Å²) in [4.78, 5) is 11.6. The molecule has 0 aromatic heterocycles. The van der Waals surface area contributed by atoms with Crippen LogP contribution < -0.4 is 0 Å². The van der Waals surface area contributed by atoms with Crippen molar-refractivity contribution in [2.75, 3.05) is 0 Å². The Hall–Kier alpha value is -1.25. The zero-order valence-electron chi connectivity index (χ0n) is 16.3. The Balaban J connectivity index is 2.96. The molecule has 0 bridgehead atoms. The number of rotatable bonds is 5. The van der Waals surface area contributed by atoms with Crippen LogP contribution in [0.3, 0.4) is 0 Å². The third-order valence-electron chi connectivity index (χ3n) is 4.72. The minimum Gasteiger partial charge on any atom is -0.457 e. The minimum atomic E-state index is -1.87. The van der Waals surface area contributed by atoms with Gasteiger partial charge in [-0.05, 0) is 16.6 Å². The Bertz CT molecular complexity index is 528. The van der Waals surface area contributed by atoms with E-state index < -0.39 is 25.9 Å². The van der Waals surface area contributed by atoms with Crippen LogP contribution in [-0.2, 0) is 14.3 Å². The third kappa shape index (κ3) is 4.87. The van der Waals surface area contributed by atoms with E-state index in [1.165, 1.54) is 6.08 Å². The number of carbonyl (C=O) groups is 1. The Morgan fingerprint density at radius 3 is 2.00 bits per heavy atom. The van der Waals surface area contributed by atoms with Gasteiger partial charge in [0.25, 0.3) is 0 Å². The number of cyclic esters (lactones) is 1. The predicted molar refractivity (Wildman–Crippen MR) is 98.8 cm³/mol. The van der Waals surface area contributed by atoms with Gasteiger partial charge in [-0.3, -0.25) is 0 Å². The topological polar surface area (TPSA) is 55.8 Å². The maximum atomic E-state index is 11.6. The summed E-state index contributed by atoms with van der Waals surface area (Å²) in [5.41, 5.74) is 5.02. The first kappa shape index (κ1) is 20.8. The van der Waals surface area contributed by atoms with E-state index in [1.807, 2.05) is 0 Å². The van der Waals surface area contributed by atoms with Crippen molar-refractivity contribution in [3.63, 3.8) is 0 Å². The van der Waals surface area contributed by atoms with Gasteiger partial charge in [-0.15, -0.1) is 5.54 Å². The first-order valence-electron chi connectivity index (χ1n) is 8.74. The Morgan fingerprint density at radius 2 is 1.58 bits per heavy atom. The summed E-state index contributed by atoms with van der Waals surface area (Å²) >= 11 is 0. The molecule has 136 valence electrons. The molecule has 0 aromatic rings. The summed E-state index contributed by atoms with van der Waals surface area (Å²) in [5.74, 6) is 2.02. The molecule has 1 rings (SSSR count). The molecule has 0 fully saturated rings. The molecule has 0 radical (unpaired) electrons. The molecule has 0 aliphatic carbocycles. The van der Waals surface area contributed by atoms with Crippen LogP contribution >= 0.6 is 0 Å². The van der Waals surface area contributed by atoms with E-state index in [-0.39, 0.29) is 6.42 Å². The fourth-order valence-corrected chi connectivity index (χ4v) is 9.04. The highest BCUT2D eigenvalue weighted by Gasteiger charge is 2.41. The number of carbonyl (C=O) groups excluding carboxylic acids is 1. The molecular weight excluding hydrogens is 320 g/mol. The molecule has 1 aliphatic rings. The van der Waals surface area contributed by atoms with Crippen molar-refractivity contribution in [1.82, 2.24) is 0 Å². The van der Waals surface area contributed by atoms with E-state index in [1.54, 1.807) is 13.8 Å². The van der Waals surface area contributed by atoms with Gasteiger partial charge in [-0.2, -0.15) is 0 Å². The van der Waals surface area contributed by atoms with Gasteiger partial charge in [0, 0.05) is 20.3 Å². The monoisotopic (exact) mass is 352 g/mol. The van der Waals surface area contributed by atoms with E-state index in [2.05, 4.69) is 53.0 Å². The number of hydrogen-bond acceptors (Lipinski definition) is 4. The summed E-state index contributed by atoms with van der Waals surface area (Å²) < 4.78 is 10.6. The smallest absolute Gasteiger partial charge is 0.337 e. The van der Waals surface area contributed by atoms with E-state index >= 15 is 0 Å².